The maximum absolute atomic E-state index is 11.0. The molecule has 0 aliphatic rings. The van der Waals surface area contributed by atoms with Crippen molar-refractivity contribution in [1.29, 1.82) is 0 Å². The zero-order chi connectivity index (χ0) is 17.2. The molecule has 0 unspecified atom stereocenters. The van der Waals surface area contributed by atoms with Crippen molar-refractivity contribution >= 4 is 16.7 Å². The lowest BCUT2D eigenvalue weighted by Crippen LogP contribution is -2.05. The minimum absolute atomic E-state index is 0.0260. The summed E-state index contributed by atoms with van der Waals surface area (Å²) in [5, 5.41) is 11.7. The number of aliphatic hydroxyl groups excluding tert-OH is 1. The third kappa shape index (κ3) is 5.39. The molecule has 0 fully saturated rings. The van der Waals surface area contributed by atoms with Crippen molar-refractivity contribution in [2.75, 3.05) is 20.3 Å². The maximum atomic E-state index is 11.0. The second-order valence-corrected chi connectivity index (χ2v) is 5.61. The largest absolute Gasteiger partial charge is 0.489 e. The topological polar surface area (TPSA) is 55.8 Å². The molecule has 128 valence electrons. The Balaban J connectivity index is 1.86. The van der Waals surface area contributed by atoms with Gasteiger partial charge in [-0.3, -0.25) is 4.79 Å². The lowest BCUT2D eigenvalue weighted by atomic mass is 10.1. The number of carbonyl (C=O) groups is 1. The Kier molecular flexibility index (Phi) is 7.30. The summed E-state index contributed by atoms with van der Waals surface area (Å²) in [7, 11) is 1.40. The summed E-state index contributed by atoms with van der Waals surface area (Å²) >= 11 is 0. The molecule has 0 aliphatic carbocycles. The molecule has 0 atom stereocenters. The number of rotatable bonds is 9. The van der Waals surface area contributed by atoms with E-state index in [1.54, 1.807) is 0 Å². The Morgan fingerprint density at radius 2 is 1.92 bits per heavy atom. The second-order valence-electron chi connectivity index (χ2n) is 5.61. The first kappa shape index (κ1) is 18.0. The highest BCUT2D eigenvalue weighted by atomic mass is 16.5. The molecule has 0 heterocycles. The first-order chi connectivity index (χ1) is 11.7. The fourth-order valence-electron chi connectivity index (χ4n) is 2.48. The smallest absolute Gasteiger partial charge is 0.305 e. The lowest BCUT2D eigenvalue weighted by Gasteiger charge is -2.11. The molecular formula is C20H24O4. The molecule has 4 nitrogen and oxygen atoms in total. The van der Waals surface area contributed by atoms with Crippen molar-refractivity contribution in [2.24, 2.45) is 0 Å². The van der Waals surface area contributed by atoms with Crippen LogP contribution in [0.4, 0.5) is 0 Å². The Bertz CT molecular complexity index is 686. The van der Waals surface area contributed by atoms with Crippen LogP contribution in [0.15, 0.2) is 54.1 Å². The molecule has 0 aromatic heterocycles. The van der Waals surface area contributed by atoms with Gasteiger partial charge in [0, 0.05) is 11.8 Å². The molecule has 4 heteroatoms. The Labute approximate surface area is 142 Å². The third-order valence-corrected chi connectivity index (χ3v) is 3.86. The summed E-state index contributed by atoms with van der Waals surface area (Å²) in [6.45, 7) is 0.337. The van der Waals surface area contributed by atoms with E-state index in [4.69, 9.17) is 4.74 Å². The molecule has 0 amide bonds. The van der Waals surface area contributed by atoms with E-state index in [-0.39, 0.29) is 12.6 Å². The summed E-state index contributed by atoms with van der Waals surface area (Å²) in [4.78, 5) is 11.0. The van der Waals surface area contributed by atoms with Crippen LogP contribution in [0.3, 0.4) is 0 Å². The van der Waals surface area contributed by atoms with Gasteiger partial charge in [0.2, 0.25) is 0 Å². The van der Waals surface area contributed by atoms with Gasteiger partial charge in [-0.05, 0) is 36.3 Å². The van der Waals surface area contributed by atoms with Crippen molar-refractivity contribution < 1.29 is 19.4 Å². The van der Waals surface area contributed by atoms with Crippen LogP contribution in [-0.2, 0) is 9.53 Å². The highest BCUT2D eigenvalue weighted by Gasteiger charge is 2.03. The van der Waals surface area contributed by atoms with Crippen molar-refractivity contribution in [2.45, 2.75) is 25.7 Å². The number of allylic oxidation sites excluding steroid dienone is 1. The van der Waals surface area contributed by atoms with Crippen LogP contribution in [0, 0.1) is 0 Å². The number of ether oxygens (including phenoxy) is 2. The number of hydrogen-bond donors (Lipinski definition) is 1. The molecule has 0 bridgehead atoms. The lowest BCUT2D eigenvalue weighted by molar-refractivity contribution is -0.140. The number of aliphatic hydroxyl groups is 1. The zero-order valence-corrected chi connectivity index (χ0v) is 14.0. The quantitative estimate of drug-likeness (QED) is 0.431. The average molecular weight is 328 g/mol. The van der Waals surface area contributed by atoms with Gasteiger partial charge in [-0.25, -0.2) is 0 Å². The predicted octanol–water partition coefficient (Wildman–Crippen LogP) is 3.87. The van der Waals surface area contributed by atoms with Crippen molar-refractivity contribution in [3.63, 3.8) is 0 Å². The maximum Gasteiger partial charge on any atom is 0.305 e. The van der Waals surface area contributed by atoms with Crippen molar-refractivity contribution in [1.82, 2.24) is 0 Å². The molecular weight excluding hydrogens is 304 g/mol. The standard InChI is InChI=1S/C20H24O4/c1-23-20(22)13-4-2-3-8-16(14-21)15-24-19-12-7-10-17-9-5-6-11-18(17)19/h5-12,21H,2-4,13-15H2,1H3/b16-8-. The van der Waals surface area contributed by atoms with Gasteiger partial charge in [0.1, 0.15) is 12.4 Å². The van der Waals surface area contributed by atoms with Crippen LogP contribution in [0.1, 0.15) is 25.7 Å². The highest BCUT2D eigenvalue weighted by Crippen LogP contribution is 2.25. The van der Waals surface area contributed by atoms with Crippen LogP contribution in [-0.4, -0.2) is 31.4 Å². The van der Waals surface area contributed by atoms with E-state index in [0.29, 0.717) is 13.0 Å². The van der Waals surface area contributed by atoms with Crippen molar-refractivity contribution in [3.8, 4) is 5.75 Å². The molecule has 2 rings (SSSR count). The predicted molar refractivity (Wildman–Crippen MR) is 95.1 cm³/mol. The highest BCUT2D eigenvalue weighted by molar-refractivity contribution is 5.88. The Hall–Kier alpha value is -2.33. The first-order valence-corrected chi connectivity index (χ1v) is 8.20. The number of carbonyl (C=O) groups excluding carboxylic acids is 1. The summed E-state index contributed by atoms with van der Waals surface area (Å²) in [5.41, 5.74) is 0.848. The first-order valence-electron chi connectivity index (χ1n) is 8.20. The number of esters is 1. The Morgan fingerprint density at radius 1 is 1.12 bits per heavy atom. The van der Waals surface area contributed by atoms with Gasteiger partial charge in [0.25, 0.3) is 0 Å². The molecule has 2 aromatic rings. The number of fused-ring (bicyclic) bond motifs is 1. The minimum atomic E-state index is -0.180. The average Bonchev–Trinajstić information content (AvgIpc) is 2.63. The minimum Gasteiger partial charge on any atom is -0.489 e. The molecule has 0 saturated carbocycles. The van der Waals surface area contributed by atoms with E-state index in [1.165, 1.54) is 7.11 Å². The molecule has 1 N–H and O–H groups in total. The molecule has 0 saturated heterocycles. The fraction of sp³-hybridized carbons (Fsp3) is 0.350. The second kappa shape index (κ2) is 9.73. The summed E-state index contributed by atoms with van der Waals surface area (Å²) < 4.78 is 10.5. The van der Waals surface area contributed by atoms with E-state index < -0.39 is 0 Å². The monoisotopic (exact) mass is 328 g/mol. The van der Waals surface area contributed by atoms with Gasteiger partial charge < -0.3 is 14.6 Å². The van der Waals surface area contributed by atoms with Gasteiger partial charge in [0.05, 0.1) is 13.7 Å². The SMILES string of the molecule is COC(=O)CCCC/C=C(/CO)COc1cccc2ccccc12. The fourth-order valence-corrected chi connectivity index (χ4v) is 2.48. The van der Waals surface area contributed by atoms with Crippen LogP contribution in [0.2, 0.25) is 0 Å². The summed E-state index contributed by atoms with van der Waals surface area (Å²) in [6.07, 6.45) is 4.90. The number of unbranched alkanes of at least 4 members (excludes halogenated alkanes) is 2. The van der Waals surface area contributed by atoms with E-state index >= 15 is 0 Å². The van der Waals surface area contributed by atoms with Gasteiger partial charge in [-0.1, -0.05) is 42.5 Å². The molecule has 0 spiro atoms. The number of hydrogen-bond acceptors (Lipinski definition) is 4. The van der Waals surface area contributed by atoms with Crippen LogP contribution < -0.4 is 4.74 Å². The van der Waals surface area contributed by atoms with E-state index in [2.05, 4.69) is 4.74 Å². The van der Waals surface area contributed by atoms with Gasteiger partial charge in [-0.2, -0.15) is 0 Å². The van der Waals surface area contributed by atoms with Crippen LogP contribution in [0.25, 0.3) is 10.8 Å². The van der Waals surface area contributed by atoms with Crippen LogP contribution in [0.5, 0.6) is 5.75 Å². The zero-order valence-electron chi connectivity index (χ0n) is 14.0. The van der Waals surface area contributed by atoms with Crippen molar-refractivity contribution in [3.05, 3.63) is 54.1 Å². The molecule has 2 aromatic carbocycles. The van der Waals surface area contributed by atoms with E-state index in [1.807, 2.05) is 48.5 Å². The van der Waals surface area contributed by atoms with E-state index in [9.17, 15) is 9.90 Å². The van der Waals surface area contributed by atoms with Crippen LogP contribution >= 0.6 is 0 Å². The molecule has 0 radical (unpaired) electrons. The normalized spacial score (nSPS) is 11.5. The van der Waals surface area contributed by atoms with Gasteiger partial charge in [0.15, 0.2) is 0 Å². The van der Waals surface area contributed by atoms with Gasteiger partial charge >= 0.3 is 5.97 Å². The molecule has 24 heavy (non-hydrogen) atoms. The summed E-state index contributed by atoms with van der Waals surface area (Å²) in [6, 6.07) is 14.0. The third-order valence-electron chi connectivity index (χ3n) is 3.86. The number of benzene rings is 2. The summed E-state index contributed by atoms with van der Waals surface area (Å²) in [5.74, 6) is 0.638. The molecule has 0 aliphatic heterocycles. The Morgan fingerprint density at radius 3 is 2.71 bits per heavy atom. The van der Waals surface area contributed by atoms with Gasteiger partial charge in [-0.15, -0.1) is 0 Å². The van der Waals surface area contributed by atoms with E-state index in [0.717, 1.165) is 41.4 Å². The number of methoxy groups -OCH3 is 1.